The van der Waals surface area contributed by atoms with Crippen LogP contribution in [0.5, 0.6) is 0 Å². The molecule has 124 valence electrons. The SMILES string of the molecule is Cc1c(-c2ccnc(-c3cccs3)c2)c(=O)n(-c2ccccc2)n1C. The maximum Gasteiger partial charge on any atom is 0.279 e. The van der Waals surface area contributed by atoms with Crippen molar-refractivity contribution in [2.75, 3.05) is 0 Å². The number of benzene rings is 1. The summed E-state index contributed by atoms with van der Waals surface area (Å²) in [6, 6.07) is 17.6. The van der Waals surface area contributed by atoms with Gasteiger partial charge in [-0.3, -0.25) is 14.5 Å². The van der Waals surface area contributed by atoms with Crippen LogP contribution in [0, 0.1) is 6.92 Å². The molecule has 4 rings (SSSR count). The summed E-state index contributed by atoms with van der Waals surface area (Å²) in [5.74, 6) is 0. The Hall–Kier alpha value is -2.92. The van der Waals surface area contributed by atoms with Crippen LogP contribution in [0.2, 0.25) is 0 Å². The molecule has 1 aromatic carbocycles. The predicted molar refractivity (Wildman–Crippen MR) is 102 cm³/mol. The van der Waals surface area contributed by atoms with E-state index in [1.165, 1.54) is 0 Å². The van der Waals surface area contributed by atoms with E-state index in [-0.39, 0.29) is 5.56 Å². The molecule has 0 amide bonds. The molecule has 0 saturated carbocycles. The summed E-state index contributed by atoms with van der Waals surface area (Å²) in [5.41, 5.74) is 4.27. The average molecular weight is 347 g/mol. The first-order valence-corrected chi connectivity index (χ1v) is 8.89. The van der Waals surface area contributed by atoms with Crippen LogP contribution in [0.4, 0.5) is 0 Å². The number of thiophene rings is 1. The molecule has 0 bridgehead atoms. The number of rotatable bonds is 3. The highest BCUT2D eigenvalue weighted by atomic mass is 32.1. The Labute approximate surface area is 149 Å². The minimum atomic E-state index is -0.0190. The van der Waals surface area contributed by atoms with Crippen molar-refractivity contribution in [1.29, 1.82) is 0 Å². The normalized spacial score (nSPS) is 11.0. The highest BCUT2D eigenvalue weighted by Gasteiger charge is 2.18. The molecule has 3 aromatic heterocycles. The van der Waals surface area contributed by atoms with E-state index in [0.29, 0.717) is 5.56 Å². The van der Waals surface area contributed by atoms with Crippen LogP contribution in [0.3, 0.4) is 0 Å². The molecular formula is C20H17N3OS. The third-order valence-electron chi connectivity index (χ3n) is 4.38. The number of hydrogen-bond donors (Lipinski definition) is 0. The van der Waals surface area contributed by atoms with Gasteiger partial charge in [-0.15, -0.1) is 11.3 Å². The largest absolute Gasteiger partial charge is 0.285 e. The van der Waals surface area contributed by atoms with Crippen molar-refractivity contribution in [3.8, 4) is 27.4 Å². The van der Waals surface area contributed by atoms with Crippen molar-refractivity contribution in [3.05, 3.63) is 82.2 Å². The second-order valence-electron chi connectivity index (χ2n) is 5.84. The first-order chi connectivity index (χ1) is 12.2. The molecule has 0 aliphatic carbocycles. The lowest BCUT2D eigenvalue weighted by Gasteiger charge is -2.07. The Morgan fingerprint density at radius 3 is 2.56 bits per heavy atom. The Bertz CT molecular complexity index is 1080. The third kappa shape index (κ3) is 2.62. The number of pyridine rings is 1. The quantitative estimate of drug-likeness (QED) is 0.555. The van der Waals surface area contributed by atoms with Crippen molar-refractivity contribution in [2.45, 2.75) is 6.92 Å². The van der Waals surface area contributed by atoms with Gasteiger partial charge in [0, 0.05) is 18.9 Å². The molecule has 4 aromatic rings. The molecule has 4 nitrogen and oxygen atoms in total. The fourth-order valence-corrected chi connectivity index (χ4v) is 3.74. The van der Waals surface area contributed by atoms with Crippen molar-refractivity contribution in [3.63, 3.8) is 0 Å². The zero-order valence-electron chi connectivity index (χ0n) is 14.0. The van der Waals surface area contributed by atoms with E-state index >= 15 is 0 Å². The number of hydrogen-bond acceptors (Lipinski definition) is 3. The average Bonchev–Trinajstić information content (AvgIpc) is 3.24. The second-order valence-corrected chi connectivity index (χ2v) is 6.79. The standard InChI is InChI=1S/C20H17N3OS/c1-14-19(15-10-11-21-17(13-15)18-9-6-12-25-18)20(24)23(22(14)2)16-7-4-3-5-8-16/h3-13H,1-2H3. The van der Waals surface area contributed by atoms with Gasteiger partial charge in [-0.2, -0.15) is 0 Å². The van der Waals surface area contributed by atoms with E-state index in [1.807, 2.05) is 78.6 Å². The molecule has 25 heavy (non-hydrogen) atoms. The summed E-state index contributed by atoms with van der Waals surface area (Å²) in [6.45, 7) is 1.97. The first kappa shape index (κ1) is 15.6. The maximum atomic E-state index is 13.1. The van der Waals surface area contributed by atoms with Crippen molar-refractivity contribution in [1.82, 2.24) is 14.3 Å². The highest BCUT2D eigenvalue weighted by Crippen LogP contribution is 2.28. The van der Waals surface area contributed by atoms with E-state index in [4.69, 9.17) is 0 Å². The van der Waals surface area contributed by atoms with Crippen LogP contribution >= 0.6 is 11.3 Å². The lowest BCUT2D eigenvalue weighted by molar-refractivity contribution is 0.630. The van der Waals surface area contributed by atoms with Crippen molar-refractivity contribution >= 4 is 11.3 Å². The zero-order valence-corrected chi connectivity index (χ0v) is 14.8. The van der Waals surface area contributed by atoms with Crippen molar-refractivity contribution < 1.29 is 0 Å². The van der Waals surface area contributed by atoms with Crippen LogP contribution in [-0.4, -0.2) is 14.3 Å². The fourth-order valence-electron chi connectivity index (χ4n) is 3.05. The molecule has 0 atom stereocenters. The van der Waals surface area contributed by atoms with Crippen LogP contribution in [0.1, 0.15) is 5.69 Å². The molecule has 3 heterocycles. The molecule has 0 aliphatic heterocycles. The van der Waals surface area contributed by atoms with Gasteiger partial charge in [0.05, 0.1) is 21.8 Å². The van der Waals surface area contributed by atoms with Gasteiger partial charge >= 0.3 is 0 Å². The van der Waals surface area contributed by atoms with Gasteiger partial charge in [0.2, 0.25) is 0 Å². The fraction of sp³-hybridized carbons (Fsp3) is 0.100. The molecule has 0 radical (unpaired) electrons. The monoisotopic (exact) mass is 347 g/mol. The molecule has 0 N–H and O–H groups in total. The summed E-state index contributed by atoms with van der Waals surface area (Å²) in [7, 11) is 1.91. The zero-order chi connectivity index (χ0) is 17.4. The molecule has 0 aliphatic rings. The van der Waals surface area contributed by atoms with Crippen LogP contribution in [0.25, 0.3) is 27.4 Å². The Balaban J connectivity index is 1.91. The van der Waals surface area contributed by atoms with Gasteiger partial charge in [0.1, 0.15) is 0 Å². The Morgan fingerprint density at radius 2 is 1.84 bits per heavy atom. The van der Waals surface area contributed by atoms with Gasteiger partial charge in [-0.05, 0) is 48.2 Å². The molecule has 0 fully saturated rings. The third-order valence-corrected chi connectivity index (χ3v) is 5.27. The van der Waals surface area contributed by atoms with E-state index < -0.39 is 0 Å². The van der Waals surface area contributed by atoms with Gasteiger partial charge in [-0.25, -0.2) is 4.68 Å². The molecular weight excluding hydrogens is 330 g/mol. The Kier molecular flexibility index (Phi) is 3.86. The van der Waals surface area contributed by atoms with E-state index in [1.54, 1.807) is 22.2 Å². The summed E-state index contributed by atoms with van der Waals surface area (Å²) in [5, 5.41) is 2.03. The summed E-state index contributed by atoms with van der Waals surface area (Å²) in [4.78, 5) is 18.7. The van der Waals surface area contributed by atoms with E-state index in [2.05, 4.69) is 4.98 Å². The number of para-hydroxylation sites is 1. The van der Waals surface area contributed by atoms with E-state index in [0.717, 1.165) is 27.5 Å². The predicted octanol–water partition coefficient (Wildman–Crippen LogP) is 4.27. The highest BCUT2D eigenvalue weighted by molar-refractivity contribution is 7.13. The molecule has 0 saturated heterocycles. The minimum Gasteiger partial charge on any atom is -0.285 e. The molecule has 5 heteroatoms. The van der Waals surface area contributed by atoms with Gasteiger partial charge in [0.25, 0.3) is 5.56 Å². The van der Waals surface area contributed by atoms with E-state index in [9.17, 15) is 4.79 Å². The summed E-state index contributed by atoms with van der Waals surface area (Å²) in [6.07, 6.45) is 1.77. The van der Waals surface area contributed by atoms with Crippen LogP contribution in [0.15, 0.2) is 71.0 Å². The van der Waals surface area contributed by atoms with Crippen molar-refractivity contribution in [2.24, 2.45) is 7.05 Å². The van der Waals surface area contributed by atoms with Crippen LogP contribution < -0.4 is 5.56 Å². The smallest absolute Gasteiger partial charge is 0.279 e. The topological polar surface area (TPSA) is 39.8 Å². The summed E-state index contributed by atoms with van der Waals surface area (Å²) < 4.78 is 3.61. The first-order valence-electron chi connectivity index (χ1n) is 8.01. The Morgan fingerprint density at radius 1 is 1.04 bits per heavy atom. The van der Waals surface area contributed by atoms with Gasteiger partial charge in [0.15, 0.2) is 0 Å². The van der Waals surface area contributed by atoms with Gasteiger partial charge < -0.3 is 0 Å². The number of nitrogens with zero attached hydrogens (tertiary/aromatic N) is 3. The number of aromatic nitrogens is 3. The molecule has 0 spiro atoms. The lowest BCUT2D eigenvalue weighted by Crippen LogP contribution is -2.20. The lowest BCUT2D eigenvalue weighted by atomic mass is 10.1. The minimum absolute atomic E-state index is 0.0190. The molecule has 0 unspecified atom stereocenters. The van der Waals surface area contributed by atoms with Crippen LogP contribution in [-0.2, 0) is 7.05 Å². The summed E-state index contributed by atoms with van der Waals surface area (Å²) >= 11 is 1.64. The van der Waals surface area contributed by atoms with Gasteiger partial charge in [-0.1, -0.05) is 24.3 Å². The maximum absolute atomic E-state index is 13.1. The second kappa shape index (κ2) is 6.18.